The SMILES string of the molecule is CCOc1cc(C=Nn2c(=O)[nH]c3ccccc3c2=O)cc(Br)c1OCC(=O)Nc1ccc(C)cc1. The number of hydrogen-bond donors (Lipinski definition) is 2. The van der Waals surface area contributed by atoms with E-state index in [1.54, 1.807) is 36.4 Å². The monoisotopic (exact) mass is 550 g/mol. The summed E-state index contributed by atoms with van der Waals surface area (Å²) in [7, 11) is 0. The fourth-order valence-corrected chi connectivity index (χ4v) is 3.99. The van der Waals surface area contributed by atoms with Crippen LogP contribution in [0.25, 0.3) is 10.9 Å². The van der Waals surface area contributed by atoms with Crippen molar-refractivity contribution in [2.75, 3.05) is 18.5 Å². The number of fused-ring (bicyclic) bond motifs is 1. The van der Waals surface area contributed by atoms with Crippen LogP contribution in [0.15, 0.2) is 79.8 Å². The van der Waals surface area contributed by atoms with Gasteiger partial charge >= 0.3 is 5.69 Å². The molecule has 36 heavy (non-hydrogen) atoms. The number of nitrogens with one attached hydrogen (secondary N) is 2. The average molecular weight is 551 g/mol. The Kier molecular flexibility index (Phi) is 7.65. The average Bonchev–Trinajstić information content (AvgIpc) is 2.85. The van der Waals surface area contributed by atoms with Crippen molar-refractivity contribution in [1.82, 2.24) is 9.66 Å². The zero-order valence-corrected chi connectivity index (χ0v) is 21.2. The molecule has 0 fully saturated rings. The van der Waals surface area contributed by atoms with Gasteiger partial charge in [0.15, 0.2) is 18.1 Å². The summed E-state index contributed by atoms with van der Waals surface area (Å²) in [5.41, 5.74) is 1.55. The number of rotatable bonds is 8. The van der Waals surface area contributed by atoms with E-state index in [1.807, 2.05) is 38.1 Å². The molecule has 10 heteroatoms. The molecule has 4 aromatic rings. The van der Waals surface area contributed by atoms with Crippen molar-refractivity contribution in [2.24, 2.45) is 5.10 Å². The standard InChI is InChI=1S/C26H23BrN4O5/c1-3-35-22-13-17(14-28-31-25(33)19-6-4-5-7-21(19)30-26(31)34)12-20(27)24(22)36-15-23(32)29-18-10-8-16(2)9-11-18/h4-14H,3,15H2,1-2H3,(H,29,32)(H,30,34). The first-order valence-electron chi connectivity index (χ1n) is 11.1. The maximum atomic E-state index is 12.7. The number of carbonyl (C=O) groups is 1. The Balaban J connectivity index is 1.55. The molecule has 2 N–H and O–H groups in total. The zero-order chi connectivity index (χ0) is 25.7. The number of anilines is 1. The van der Waals surface area contributed by atoms with E-state index in [2.05, 4.69) is 31.3 Å². The molecule has 1 aromatic heterocycles. The minimum absolute atomic E-state index is 0.234. The number of benzene rings is 3. The Morgan fingerprint density at radius 3 is 2.61 bits per heavy atom. The normalized spacial score (nSPS) is 11.1. The Bertz CT molecular complexity index is 1560. The van der Waals surface area contributed by atoms with E-state index < -0.39 is 11.2 Å². The molecule has 0 radical (unpaired) electrons. The summed E-state index contributed by atoms with van der Waals surface area (Å²) in [4.78, 5) is 40.1. The van der Waals surface area contributed by atoms with Crippen LogP contribution in [0.5, 0.6) is 11.5 Å². The maximum absolute atomic E-state index is 12.7. The van der Waals surface area contributed by atoms with Gasteiger partial charge in [-0.1, -0.05) is 29.8 Å². The first-order chi connectivity index (χ1) is 17.4. The van der Waals surface area contributed by atoms with Crippen LogP contribution >= 0.6 is 15.9 Å². The van der Waals surface area contributed by atoms with Crippen LogP contribution < -0.4 is 26.0 Å². The lowest BCUT2D eigenvalue weighted by Crippen LogP contribution is -2.32. The van der Waals surface area contributed by atoms with Crippen LogP contribution in [0.1, 0.15) is 18.1 Å². The van der Waals surface area contributed by atoms with E-state index in [0.29, 0.717) is 44.7 Å². The number of aryl methyl sites for hydroxylation is 1. The number of nitrogens with zero attached hydrogens (tertiary/aromatic N) is 2. The first-order valence-corrected chi connectivity index (χ1v) is 11.9. The van der Waals surface area contributed by atoms with E-state index in [0.717, 1.165) is 10.2 Å². The fourth-order valence-electron chi connectivity index (χ4n) is 3.42. The second-order valence-corrected chi connectivity index (χ2v) is 8.66. The largest absolute Gasteiger partial charge is 0.490 e. The molecule has 4 rings (SSSR count). The van der Waals surface area contributed by atoms with Gasteiger partial charge in [-0.3, -0.25) is 9.59 Å². The summed E-state index contributed by atoms with van der Waals surface area (Å²) in [6.07, 6.45) is 1.37. The van der Waals surface area contributed by atoms with Gasteiger partial charge in [-0.05, 0) is 71.7 Å². The summed E-state index contributed by atoms with van der Waals surface area (Å²) >= 11 is 3.45. The molecule has 0 saturated carbocycles. The van der Waals surface area contributed by atoms with E-state index in [4.69, 9.17) is 9.47 Å². The highest BCUT2D eigenvalue weighted by molar-refractivity contribution is 9.10. The molecule has 3 aromatic carbocycles. The van der Waals surface area contributed by atoms with Crippen LogP contribution in [0.2, 0.25) is 0 Å². The molecule has 0 unspecified atom stereocenters. The number of ether oxygens (including phenoxy) is 2. The number of carbonyl (C=O) groups excluding carboxylic acids is 1. The molecule has 0 aliphatic heterocycles. The molecule has 1 amide bonds. The third-order valence-electron chi connectivity index (χ3n) is 5.12. The summed E-state index contributed by atoms with van der Waals surface area (Å²) in [5.74, 6) is 0.388. The predicted molar refractivity (Wildman–Crippen MR) is 142 cm³/mol. The summed E-state index contributed by atoms with van der Waals surface area (Å²) in [6, 6.07) is 17.5. The summed E-state index contributed by atoms with van der Waals surface area (Å²) in [6.45, 7) is 3.90. The van der Waals surface area contributed by atoms with Gasteiger partial charge in [-0.2, -0.15) is 5.10 Å². The minimum Gasteiger partial charge on any atom is -0.490 e. The van der Waals surface area contributed by atoms with Gasteiger partial charge in [0.25, 0.3) is 11.5 Å². The Morgan fingerprint density at radius 2 is 1.86 bits per heavy atom. The molecule has 1 heterocycles. The highest BCUT2D eigenvalue weighted by Gasteiger charge is 2.14. The summed E-state index contributed by atoms with van der Waals surface area (Å²) < 4.78 is 12.7. The van der Waals surface area contributed by atoms with Gasteiger partial charge in [0, 0.05) is 5.69 Å². The van der Waals surface area contributed by atoms with Gasteiger partial charge in [0.1, 0.15) is 0 Å². The molecule has 0 aliphatic rings. The van der Waals surface area contributed by atoms with Gasteiger partial charge in [0.05, 0.1) is 28.2 Å². The molecule has 0 saturated heterocycles. The third kappa shape index (κ3) is 5.72. The van der Waals surface area contributed by atoms with Crippen LogP contribution in [-0.2, 0) is 4.79 Å². The van der Waals surface area contributed by atoms with E-state index in [-0.39, 0.29) is 12.5 Å². The van der Waals surface area contributed by atoms with E-state index in [1.165, 1.54) is 6.21 Å². The van der Waals surface area contributed by atoms with Crippen molar-refractivity contribution in [3.05, 3.63) is 97.1 Å². The Morgan fingerprint density at radius 1 is 1.11 bits per heavy atom. The van der Waals surface area contributed by atoms with Crippen molar-refractivity contribution in [2.45, 2.75) is 13.8 Å². The Labute approximate surface area is 214 Å². The highest BCUT2D eigenvalue weighted by Crippen LogP contribution is 2.36. The van der Waals surface area contributed by atoms with Crippen LogP contribution in [-0.4, -0.2) is 35.0 Å². The molecule has 0 spiro atoms. The summed E-state index contributed by atoms with van der Waals surface area (Å²) in [5, 5.41) is 7.20. The molecular formula is C26H23BrN4O5. The van der Waals surface area contributed by atoms with E-state index >= 15 is 0 Å². The molecule has 9 nitrogen and oxygen atoms in total. The van der Waals surface area contributed by atoms with Crippen LogP contribution in [0.3, 0.4) is 0 Å². The quantitative estimate of drug-likeness (QED) is 0.321. The topological polar surface area (TPSA) is 115 Å². The smallest absolute Gasteiger partial charge is 0.349 e. The lowest BCUT2D eigenvalue weighted by molar-refractivity contribution is -0.118. The number of halogens is 1. The van der Waals surface area contributed by atoms with Crippen molar-refractivity contribution >= 4 is 44.6 Å². The van der Waals surface area contributed by atoms with Crippen molar-refractivity contribution < 1.29 is 14.3 Å². The van der Waals surface area contributed by atoms with Gasteiger partial charge in [-0.15, -0.1) is 4.68 Å². The maximum Gasteiger partial charge on any atom is 0.349 e. The van der Waals surface area contributed by atoms with Crippen molar-refractivity contribution in [1.29, 1.82) is 0 Å². The zero-order valence-electron chi connectivity index (χ0n) is 19.6. The fraction of sp³-hybridized carbons (Fsp3) is 0.154. The lowest BCUT2D eigenvalue weighted by atomic mass is 10.2. The number of H-pyrrole nitrogens is 1. The van der Waals surface area contributed by atoms with Gasteiger partial charge < -0.3 is 19.8 Å². The first kappa shape index (κ1) is 24.9. The molecule has 0 aliphatic carbocycles. The number of aromatic amines is 1. The predicted octanol–water partition coefficient (Wildman–Crippen LogP) is 4.06. The second kappa shape index (κ2) is 11.0. The van der Waals surface area contributed by atoms with Gasteiger partial charge in [-0.25, -0.2) is 4.79 Å². The van der Waals surface area contributed by atoms with Crippen LogP contribution in [0.4, 0.5) is 5.69 Å². The third-order valence-corrected chi connectivity index (χ3v) is 5.71. The lowest BCUT2D eigenvalue weighted by Gasteiger charge is -2.14. The van der Waals surface area contributed by atoms with Crippen LogP contribution in [0, 0.1) is 6.92 Å². The molecule has 184 valence electrons. The number of para-hydroxylation sites is 1. The molecule has 0 bridgehead atoms. The van der Waals surface area contributed by atoms with E-state index in [9.17, 15) is 14.4 Å². The molecular weight excluding hydrogens is 528 g/mol. The second-order valence-electron chi connectivity index (χ2n) is 7.80. The number of aromatic nitrogens is 2. The number of hydrogen-bond acceptors (Lipinski definition) is 6. The molecule has 0 atom stereocenters. The number of amides is 1. The minimum atomic E-state index is -0.654. The van der Waals surface area contributed by atoms with Crippen molar-refractivity contribution in [3.8, 4) is 11.5 Å². The highest BCUT2D eigenvalue weighted by atomic mass is 79.9. The van der Waals surface area contributed by atoms with Gasteiger partial charge in [0.2, 0.25) is 0 Å². The Hall–Kier alpha value is -4.18. The van der Waals surface area contributed by atoms with Crippen molar-refractivity contribution in [3.63, 3.8) is 0 Å².